The molecule has 0 radical (unpaired) electrons. The van der Waals surface area contributed by atoms with Crippen molar-refractivity contribution in [2.45, 2.75) is 19.3 Å². The smallest absolute Gasteiger partial charge is 0.215 e. The number of aliphatic hydroxyl groups is 1. The van der Waals surface area contributed by atoms with Crippen molar-refractivity contribution in [3.63, 3.8) is 0 Å². The zero-order valence-corrected chi connectivity index (χ0v) is 16.6. The van der Waals surface area contributed by atoms with Gasteiger partial charge in [0, 0.05) is 24.5 Å². The molecule has 0 aliphatic carbocycles. The lowest BCUT2D eigenvalue weighted by Gasteiger charge is -2.06. The summed E-state index contributed by atoms with van der Waals surface area (Å²) in [4.78, 5) is 16.7. The predicted octanol–water partition coefficient (Wildman–Crippen LogP) is 4.69. The molecule has 0 spiro atoms. The number of aromatic amines is 1. The van der Waals surface area contributed by atoms with E-state index in [9.17, 15) is 14.3 Å². The second-order valence-electron chi connectivity index (χ2n) is 7.06. The first-order valence-electron chi connectivity index (χ1n) is 9.79. The van der Waals surface area contributed by atoms with E-state index in [2.05, 4.69) is 15.2 Å². The number of aryl methyl sites for hydroxylation is 2. The second-order valence-corrected chi connectivity index (χ2v) is 7.06. The van der Waals surface area contributed by atoms with Gasteiger partial charge in [-0.15, -0.1) is 0 Å². The largest absolute Gasteiger partial charge is 0.504 e. The van der Waals surface area contributed by atoms with E-state index < -0.39 is 5.78 Å². The van der Waals surface area contributed by atoms with Crippen LogP contribution in [0.4, 0.5) is 4.39 Å². The van der Waals surface area contributed by atoms with Gasteiger partial charge in [0.2, 0.25) is 5.82 Å². The third-order valence-electron chi connectivity index (χ3n) is 4.94. The number of halogens is 1. The minimum absolute atomic E-state index is 0.0289. The summed E-state index contributed by atoms with van der Waals surface area (Å²) in [6.07, 6.45) is 5.54. The Bertz CT molecular complexity index is 1180. The van der Waals surface area contributed by atoms with Gasteiger partial charge in [0.05, 0.1) is 5.56 Å². The minimum Gasteiger partial charge on any atom is -0.504 e. The second kappa shape index (κ2) is 9.21. The third kappa shape index (κ3) is 4.95. The fraction of sp³-hybridized carbons (Fsp3) is 0.125. The van der Waals surface area contributed by atoms with E-state index >= 15 is 0 Å². The normalized spacial score (nSPS) is 11.6. The molecule has 0 aliphatic heterocycles. The fourth-order valence-corrected chi connectivity index (χ4v) is 3.34. The van der Waals surface area contributed by atoms with Crippen LogP contribution >= 0.6 is 0 Å². The maximum Gasteiger partial charge on any atom is 0.215 e. The number of carbonyl (C=O) groups excluding carboxylic acids is 1. The molecule has 0 bridgehead atoms. The van der Waals surface area contributed by atoms with Crippen LogP contribution in [0.5, 0.6) is 0 Å². The van der Waals surface area contributed by atoms with Gasteiger partial charge in [-0.3, -0.25) is 9.89 Å². The molecular formula is C24H20FN3O3. The number of furan rings is 1. The number of carbonyl (C=O) groups is 1. The van der Waals surface area contributed by atoms with Gasteiger partial charge in [-0.25, -0.2) is 9.37 Å². The summed E-state index contributed by atoms with van der Waals surface area (Å²) in [5, 5.41) is 16.4. The summed E-state index contributed by atoms with van der Waals surface area (Å²) in [5.41, 5.74) is 3.06. The molecule has 0 saturated carbocycles. The van der Waals surface area contributed by atoms with Crippen LogP contribution in [0.2, 0.25) is 0 Å². The lowest BCUT2D eigenvalue weighted by atomic mass is 9.96. The summed E-state index contributed by atoms with van der Waals surface area (Å²) < 4.78 is 19.1. The first-order valence-corrected chi connectivity index (χ1v) is 9.79. The van der Waals surface area contributed by atoms with E-state index in [4.69, 9.17) is 4.42 Å². The van der Waals surface area contributed by atoms with Gasteiger partial charge in [0.1, 0.15) is 24.2 Å². The lowest BCUT2D eigenvalue weighted by Crippen LogP contribution is -2.03. The average molecular weight is 417 g/mol. The Morgan fingerprint density at radius 2 is 1.84 bits per heavy atom. The molecular weight excluding hydrogens is 397 g/mol. The zero-order valence-electron chi connectivity index (χ0n) is 16.6. The van der Waals surface area contributed by atoms with Gasteiger partial charge >= 0.3 is 0 Å². The summed E-state index contributed by atoms with van der Waals surface area (Å²) in [6, 6.07) is 16.1. The standard InChI is InChI=1S/C24H20FN3O3/c25-18-9-6-17(7-10-18)12-19-20(21(29)13-22(30)24-26-15-27-28-24)14-31-23(19)11-8-16-4-2-1-3-5-16/h1-7,9-10,13-15,30H,8,11-12H2,(H,26,27,28). The molecule has 0 fully saturated rings. The van der Waals surface area contributed by atoms with Crippen molar-refractivity contribution in [2.24, 2.45) is 0 Å². The van der Waals surface area contributed by atoms with E-state index in [0.717, 1.165) is 23.6 Å². The number of rotatable bonds is 8. The quantitative estimate of drug-likeness (QED) is 0.246. The molecule has 0 atom stereocenters. The van der Waals surface area contributed by atoms with Crippen molar-refractivity contribution in [1.82, 2.24) is 15.2 Å². The maximum absolute atomic E-state index is 13.3. The highest BCUT2D eigenvalue weighted by Gasteiger charge is 2.20. The van der Waals surface area contributed by atoms with E-state index in [1.165, 1.54) is 24.7 Å². The molecule has 0 unspecified atom stereocenters. The van der Waals surface area contributed by atoms with Gasteiger partial charge in [-0.05, 0) is 29.7 Å². The molecule has 4 rings (SSSR count). The summed E-state index contributed by atoms with van der Waals surface area (Å²) >= 11 is 0. The molecule has 2 aromatic heterocycles. The number of hydrogen-bond acceptors (Lipinski definition) is 5. The third-order valence-corrected chi connectivity index (χ3v) is 4.94. The zero-order chi connectivity index (χ0) is 21.6. The lowest BCUT2D eigenvalue weighted by molar-refractivity contribution is 0.104. The number of allylic oxidation sites excluding steroid dienone is 1. The molecule has 31 heavy (non-hydrogen) atoms. The van der Waals surface area contributed by atoms with Gasteiger partial charge < -0.3 is 9.52 Å². The van der Waals surface area contributed by atoms with Crippen LogP contribution in [0.3, 0.4) is 0 Å². The van der Waals surface area contributed by atoms with Crippen LogP contribution in [0.1, 0.15) is 38.6 Å². The van der Waals surface area contributed by atoms with Crippen LogP contribution in [0.25, 0.3) is 5.76 Å². The number of aliphatic hydroxyl groups excluding tert-OH is 1. The summed E-state index contributed by atoms with van der Waals surface area (Å²) in [6.45, 7) is 0. The number of H-pyrrole nitrogens is 1. The first-order chi connectivity index (χ1) is 15.1. The molecule has 0 amide bonds. The van der Waals surface area contributed by atoms with Gasteiger partial charge in [0.25, 0.3) is 0 Å². The van der Waals surface area contributed by atoms with Crippen LogP contribution in [-0.4, -0.2) is 26.1 Å². The van der Waals surface area contributed by atoms with Crippen LogP contribution in [0.15, 0.2) is 77.7 Å². The van der Waals surface area contributed by atoms with E-state index in [0.29, 0.717) is 29.7 Å². The van der Waals surface area contributed by atoms with Crippen molar-refractivity contribution in [1.29, 1.82) is 0 Å². The monoisotopic (exact) mass is 417 g/mol. The molecule has 6 nitrogen and oxygen atoms in total. The molecule has 4 aromatic rings. The van der Waals surface area contributed by atoms with Gasteiger partial charge in [-0.2, -0.15) is 5.10 Å². The topological polar surface area (TPSA) is 92.0 Å². The Morgan fingerprint density at radius 1 is 1.06 bits per heavy atom. The van der Waals surface area contributed by atoms with E-state index in [1.54, 1.807) is 12.1 Å². The molecule has 2 heterocycles. The van der Waals surface area contributed by atoms with Crippen LogP contribution in [0, 0.1) is 5.82 Å². The first kappa shape index (κ1) is 20.3. The summed E-state index contributed by atoms with van der Waals surface area (Å²) in [7, 11) is 0. The van der Waals surface area contributed by atoms with Crippen molar-refractivity contribution >= 4 is 11.5 Å². The predicted molar refractivity (Wildman–Crippen MR) is 113 cm³/mol. The van der Waals surface area contributed by atoms with Crippen LogP contribution < -0.4 is 0 Å². The Balaban J connectivity index is 1.63. The maximum atomic E-state index is 13.3. The molecule has 0 aliphatic rings. The molecule has 0 saturated heterocycles. The molecule has 156 valence electrons. The fourth-order valence-electron chi connectivity index (χ4n) is 3.34. The number of hydrogen-bond donors (Lipinski definition) is 2. The van der Waals surface area contributed by atoms with Crippen molar-refractivity contribution in [2.75, 3.05) is 0 Å². The molecule has 7 heteroatoms. The van der Waals surface area contributed by atoms with Crippen molar-refractivity contribution in [3.05, 3.63) is 113 Å². The number of ketones is 1. The highest BCUT2D eigenvalue weighted by atomic mass is 19.1. The highest BCUT2D eigenvalue weighted by molar-refractivity contribution is 6.08. The summed E-state index contributed by atoms with van der Waals surface area (Å²) in [5.74, 6) is -0.375. The minimum atomic E-state index is -0.422. The average Bonchev–Trinajstić information content (AvgIpc) is 3.45. The van der Waals surface area contributed by atoms with Crippen molar-refractivity contribution in [3.8, 4) is 0 Å². The van der Waals surface area contributed by atoms with E-state index in [-0.39, 0.29) is 17.4 Å². The van der Waals surface area contributed by atoms with Crippen molar-refractivity contribution < 1.29 is 18.7 Å². The number of nitrogens with zero attached hydrogens (tertiary/aromatic N) is 2. The SMILES string of the molecule is O=C(C=C(O)c1nc[nH]n1)c1coc(CCc2ccccc2)c1Cc1ccc(F)cc1. The van der Waals surface area contributed by atoms with Gasteiger partial charge in [-0.1, -0.05) is 42.5 Å². The van der Waals surface area contributed by atoms with Crippen LogP contribution in [-0.2, 0) is 19.3 Å². The highest BCUT2D eigenvalue weighted by Crippen LogP contribution is 2.25. The van der Waals surface area contributed by atoms with E-state index in [1.807, 2.05) is 30.3 Å². The Morgan fingerprint density at radius 3 is 2.55 bits per heavy atom. The molecule has 2 N–H and O–H groups in total. The number of benzene rings is 2. The number of aromatic nitrogens is 3. The Kier molecular flexibility index (Phi) is 6.03. The molecule has 2 aromatic carbocycles. The van der Waals surface area contributed by atoms with Gasteiger partial charge in [0.15, 0.2) is 11.5 Å². The Hall–Kier alpha value is -4.00. The Labute approximate surface area is 178 Å². The number of nitrogens with one attached hydrogen (secondary N) is 1.